The number of hydrazone groups is 1. The molecule has 30 heavy (non-hydrogen) atoms. The molecule has 0 aromatic heterocycles. The second kappa shape index (κ2) is 8.94. The van der Waals surface area contributed by atoms with E-state index in [1.165, 1.54) is 11.9 Å². The van der Waals surface area contributed by atoms with Crippen LogP contribution < -0.4 is 23.7 Å². The first-order valence-electron chi connectivity index (χ1n) is 9.37. The summed E-state index contributed by atoms with van der Waals surface area (Å²) >= 11 is 0. The van der Waals surface area contributed by atoms with Gasteiger partial charge in [0.1, 0.15) is 0 Å². The Labute approximate surface area is 175 Å². The molecule has 8 nitrogen and oxygen atoms in total. The summed E-state index contributed by atoms with van der Waals surface area (Å²) in [5.74, 6) is 2.58. The molecule has 0 spiro atoms. The molecular weight excluding hydrogens is 388 g/mol. The lowest BCUT2D eigenvalue weighted by Crippen LogP contribution is -2.24. The van der Waals surface area contributed by atoms with Crippen molar-refractivity contribution in [3.63, 3.8) is 0 Å². The van der Waals surface area contributed by atoms with Gasteiger partial charge in [-0.2, -0.15) is 5.10 Å². The molecule has 1 aliphatic rings. The van der Waals surface area contributed by atoms with Gasteiger partial charge in [-0.05, 0) is 30.3 Å². The number of methoxy groups -OCH3 is 5. The molecule has 2 aromatic rings. The lowest BCUT2D eigenvalue weighted by molar-refractivity contribution is -0.130. The van der Waals surface area contributed by atoms with Crippen LogP contribution in [0.4, 0.5) is 0 Å². The smallest absolute Gasteiger partial charge is 0.240 e. The highest BCUT2D eigenvalue weighted by molar-refractivity contribution is 6.03. The van der Waals surface area contributed by atoms with E-state index in [0.29, 0.717) is 35.2 Å². The zero-order chi connectivity index (χ0) is 21.8. The Bertz CT molecular complexity index is 972. The predicted molar refractivity (Wildman–Crippen MR) is 112 cm³/mol. The highest BCUT2D eigenvalue weighted by Crippen LogP contribution is 2.46. The van der Waals surface area contributed by atoms with Crippen LogP contribution in [0.25, 0.3) is 0 Å². The average molecular weight is 414 g/mol. The topological polar surface area (TPSA) is 78.8 Å². The van der Waals surface area contributed by atoms with Crippen molar-refractivity contribution in [3.05, 3.63) is 41.5 Å². The summed E-state index contributed by atoms with van der Waals surface area (Å²) in [7, 11) is 7.84. The van der Waals surface area contributed by atoms with Gasteiger partial charge in [-0.3, -0.25) is 4.79 Å². The van der Waals surface area contributed by atoms with E-state index in [2.05, 4.69) is 5.10 Å². The van der Waals surface area contributed by atoms with Crippen molar-refractivity contribution in [1.29, 1.82) is 0 Å². The second-order valence-corrected chi connectivity index (χ2v) is 6.62. The van der Waals surface area contributed by atoms with Crippen molar-refractivity contribution in [2.75, 3.05) is 35.5 Å². The first-order chi connectivity index (χ1) is 14.5. The quantitative estimate of drug-likeness (QED) is 0.691. The highest BCUT2D eigenvalue weighted by atomic mass is 16.5. The average Bonchev–Trinajstić information content (AvgIpc) is 3.22. The number of hydrogen-bond donors (Lipinski definition) is 0. The first kappa shape index (κ1) is 21.3. The van der Waals surface area contributed by atoms with E-state index < -0.39 is 0 Å². The van der Waals surface area contributed by atoms with Gasteiger partial charge in [0, 0.05) is 24.5 Å². The molecule has 0 fully saturated rings. The van der Waals surface area contributed by atoms with Crippen LogP contribution in [-0.4, -0.2) is 52.2 Å². The maximum atomic E-state index is 12.4. The minimum Gasteiger partial charge on any atom is -0.493 e. The van der Waals surface area contributed by atoms with Crippen LogP contribution in [0.3, 0.4) is 0 Å². The monoisotopic (exact) mass is 414 g/mol. The van der Waals surface area contributed by atoms with Crippen molar-refractivity contribution >= 4 is 11.6 Å². The number of nitrogens with zero attached hydrogens (tertiary/aromatic N) is 2. The number of benzene rings is 2. The Morgan fingerprint density at radius 2 is 1.50 bits per heavy atom. The van der Waals surface area contributed by atoms with Gasteiger partial charge in [-0.15, -0.1) is 0 Å². The largest absolute Gasteiger partial charge is 0.493 e. The summed E-state index contributed by atoms with van der Waals surface area (Å²) in [6.45, 7) is 1.49. The van der Waals surface area contributed by atoms with Gasteiger partial charge in [0.05, 0.1) is 47.3 Å². The Balaban J connectivity index is 2.04. The lowest BCUT2D eigenvalue weighted by atomic mass is 9.97. The summed E-state index contributed by atoms with van der Waals surface area (Å²) in [6.07, 6.45) is 0.501. The summed E-state index contributed by atoms with van der Waals surface area (Å²) in [4.78, 5) is 12.4. The highest BCUT2D eigenvalue weighted by Gasteiger charge is 2.35. The molecule has 1 heterocycles. The van der Waals surface area contributed by atoms with E-state index in [1.807, 2.05) is 24.3 Å². The van der Waals surface area contributed by atoms with Gasteiger partial charge in [0.15, 0.2) is 23.0 Å². The van der Waals surface area contributed by atoms with Gasteiger partial charge in [0.2, 0.25) is 11.7 Å². The third-order valence-electron chi connectivity index (χ3n) is 5.04. The fraction of sp³-hybridized carbons (Fsp3) is 0.364. The van der Waals surface area contributed by atoms with Gasteiger partial charge >= 0.3 is 0 Å². The number of carbonyl (C=O) groups is 1. The van der Waals surface area contributed by atoms with Crippen LogP contribution in [0.5, 0.6) is 28.7 Å². The molecule has 3 rings (SSSR count). The zero-order valence-corrected chi connectivity index (χ0v) is 18.0. The molecule has 160 valence electrons. The van der Waals surface area contributed by atoms with E-state index in [0.717, 1.165) is 16.8 Å². The minimum atomic E-state index is -0.347. The van der Waals surface area contributed by atoms with Gasteiger partial charge < -0.3 is 23.7 Å². The summed E-state index contributed by atoms with van der Waals surface area (Å²) in [6, 6.07) is 8.88. The van der Waals surface area contributed by atoms with Crippen LogP contribution in [0.1, 0.15) is 30.5 Å². The number of rotatable bonds is 7. The molecule has 0 saturated heterocycles. The van der Waals surface area contributed by atoms with Crippen LogP contribution in [0.2, 0.25) is 0 Å². The predicted octanol–water partition coefficient (Wildman–Crippen LogP) is 3.43. The maximum absolute atomic E-state index is 12.4. The number of carbonyl (C=O) groups excluding carboxylic acids is 1. The first-order valence-corrected chi connectivity index (χ1v) is 9.37. The fourth-order valence-electron chi connectivity index (χ4n) is 3.62. The van der Waals surface area contributed by atoms with Crippen LogP contribution in [-0.2, 0) is 4.79 Å². The Morgan fingerprint density at radius 3 is 2.07 bits per heavy atom. The van der Waals surface area contributed by atoms with Crippen molar-refractivity contribution < 1.29 is 28.5 Å². The molecule has 1 amide bonds. The van der Waals surface area contributed by atoms with Gasteiger partial charge in [-0.25, -0.2) is 5.01 Å². The summed E-state index contributed by atoms with van der Waals surface area (Å²) in [5.41, 5.74) is 2.39. The molecule has 1 unspecified atom stereocenters. The van der Waals surface area contributed by atoms with Crippen molar-refractivity contribution in [3.8, 4) is 28.7 Å². The number of hydrogen-bond acceptors (Lipinski definition) is 7. The van der Waals surface area contributed by atoms with E-state index in [4.69, 9.17) is 23.7 Å². The second-order valence-electron chi connectivity index (χ2n) is 6.62. The molecule has 1 atom stereocenters. The summed E-state index contributed by atoms with van der Waals surface area (Å²) in [5, 5.41) is 6.06. The number of ether oxygens (including phenoxy) is 5. The van der Waals surface area contributed by atoms with Crippen LogP contribution >= 0.6 is 0 Å². The number of amides is 1. The van der Waals surface area contributed by atoms with Crippen LogP contribution in [0.15, 0.2) is 35.4 Å². The molecular formula is C22H26N2O6. The molecule has 0 N–H and O–H groups in total. The summed E-state index contributed by atoms with van der Waals surface area (Å²) < 4.78 is 27.2. The van der Waals surface area contributed by atoms with E-state index in [-0.39, 0.29) is 11.9 Å². The molecule has 8 heteroatoms. The van der Waals surface area contributed by atoms with Crippen molar-refractivity contribution in [2.45, 2.75) is 19.4 Å². The van der Waals surface area contributed by atoms with Crippen molar-refractivity contribution in [2.24, 2.45) is 5.10 Å². The van der Waals surface area contributed by atoms with Gasteiger partial charge in [0.25, 0.3) is 0 Å². The Hall–Kier alpha value is -3.42. The van der Waals surface area contributed by atoms with E-state index in [9.17, 15) is 4.79 Å². The minimum absolute atomic E-state index is 0.174. The zero-order valence-electron chi connectivity index (χ0n) is 18.0. The third kappa shape index (κ3) is 3.72. The van der Waals surface area contributed by atoms with Crippen LogP contribution in [0, 0.1) is 0 Å². The Morgan fingerprint density at radius 1 is 0.867 bits per heavy atom. The SMILES string of the molecule is COc1ccc(C2=NN(C(C)=O)C(c3ccc(OC)c(OC)c3OC)C2)cc1OC. The Kier molecular flexibility index (Phi) is 6.34. The molecule has 2 aromatic carbocycles. The van der Waals surface area contributed by atoms with Gasteiger partial charge in [-0.1, -0.05) is 0 Å². The van der Waals surface area contributed by atoms with E-state index >= 15 is 0 Å². The van der Waals surface area contributed by atoms with Crippen molar-refractivity contribution in [1.82, 2.24) is 5.01 Å². The fourth-order valence-corrected chi connectivity index (χ4v) is 3.62. The standard InChI is InChI=1S/C22H26N2O6/c1-13(25)24-17(15-8-10-19(27-3)22(30-6)21(15)29-5)12-16(23-24)14-7-9-18(26-2)20(11-14)28-4/h7-11,17H,12H2,1-6H3. The normalized spacial score (nSPS) is 15.5. The molecule has 0 aliphatic carbocycles. The molecule has 0 bridgehead atoms. The molecule has 1 aliphatic heterocycles. The molecule has 0 saturated carbocycles. The third-order valence-corrected chi connectivity index (χ3v) is 5.04. The molecule has 0 radical (unpaired) electrons. The lowest BCUT2D eigenvalue weighted by Gasteiger charge is -2.24. The maximum Gasteiger partial charge on any atom is 0.240 e. The van der Waals surface area contributed by atoms with E-state index in [1.54, 1.807) is 41.6 Å².